The summed E-state index contributed by atoms with van der Waals surface area (Å²) in [5, 5.41) is 3.16. The molecule has 0 amide bonds. The van der Waals surface area contributed by atoms with Crippen molar-refractivity contribution < 1.29 is 13.9 Å². The van der Waals surface area contributed by atoms with Gasteiger partial charge in [0.25, 0.3) is 0 Å². The zero-order valence-corrected chi connectivity index (χ0v) is 10.0. The molecule has 0 aliphatic heterocycles. The number of carbonyl (C=O) groups is 1. The molecule has 16 heavy (non-hydrogen) atoms. The number of nitrogens with one attached hydrogen (secondary N) is 1. The highest BCUT2D eigenvalue weighted by molar-refractivity contribution is 5.75. The second-order valence-electron chi connectivity index (χ2n) is 3.85. The highest BCUT2D eigenvalue weighted by Crippen LogP contribution is 2.10. The molecule has 4 nitrogen and oxygen atoms in total. The lowest BCUT2D eigenvalue weighted by Crippen LogP contribution is -2.42. The molecule has 0 aromatic carbocycles. The smallest absolute Gasteiger partial charge is 0.323 e. The van der Waals surface area contributed by atoms with E-state index >= 15 is 0 Å². The van der Waals surface area contributed by atoms with Crippen LogP contribution in [0.5, 0.6) is 0 Å². The molecule has 0 fully saturated rings. The molecule has 0 aliphatic carbocycles. The van der Waals surface area contributed by atoms with Crippen LogP contribution in [-0.2, 0) is 16.1 Å². The molecule has 1 aromatic heterocycles. The van der Waals surface area contributed by atoms with Crippen LogP contribution in [0.25, 0.3) is 0 Å². The standard InChI is InChI=1S/C12H19NO3/c1-4-9(2)11(12(14)15-3)13-8-10-6-5-7-16-10/h5-7,9,11,13H,4,8H2,1-3H3/t9?,11-/m0/s1. The molecule has 1 rings (SSSR count). The molecule has 0 saturated carbocycles. The maximum absolute atomic E-state index is 11.6. The number of furan rings is 1. The number of methoxy groups -OCH3 is 1. The van der Waals surface area contributed by atoms with Crippen LogP contribution in [0.15, 0.2) is 22.8 Å². The molecule has 0 bridgehead atoms. The third-order valence-corrected chi connectivity index (χ3v) is 2.74. The minimum Gasteiger partial charge on any atom is -0.468 e. The van der Waals surface area contributed by atoms with E-state index < -0.39 is 0 Å². The average Bonchev–Trinajstić information content (AvgIpc) is 2.81. The summed E-state index contributed by atoms with van der Waals surface area (Å²) in [4.78, 5) is 11.6. The van der Waals surface area contributed by atoms with Gasteiger partial charge in [-0.1, -0.05) is 20.3 Å². The summed E-state index contributed by atoms with van der Waals surface area (Å²) in [7, 11) is 1.41. The first-order chi connectivity index (χ1) is 7.69. The van der Waals surface area contributed by atoms with Gasteiger partial charge in [-0.15, -0.1) is 0 Å². The molecule has 2 atom stereocenters. The molecule has 1 unspecified atom stereocenters. The summed E-state index contributed by atoms with van der Waals surface area (Å²) in [6, 6.07) is 3.42. The van der Waals surface area contributed by atoms with Gasteiger partial charge < -0.3 is 9.15 Å². The molecule has 90 valence electrons. The van der Waals surface area contributed by atoms with Gasteiger partial charge in [0.1, 0.15) is 11.8 Å². The van der Waals surface area contributed by atoms with Crippen molar-refractivity contribution in [1.29, 1.82) is 0 Å². The minimum absolute atomic E-state index is 0.221. The molecule has 0 spiro atoms. The molecule has 1 aromatic rings. The van der Waals surface area contributed by atoms with Crippen LogP contribution in [0, 0.1) is 5.92 Å². The topological polar surface area (TPSA) is 51.5 Å². The predicted molar refractivity (Wildman–Crippen MR) is 60.8 cm³/mol. The lowest BCUT2D eigenvalue weighted by Gasteiger charge is -2.21. The fourth-order valence-electron chi connectivity index (χ4n) is 1.50. The summed E-state index contributed by atoms with van der Waals surface area (Å²) in [5.41, 5.74) is 0. The lowest BCUT2D eigenvalue weighted by atomic mass is 9.99. The summed E-state index contributed by atoms with van der Waals surface area (Å²) in [6.45, 7) is 4.61. The Bertz CT molecular complexity index is 308. The second-order valence-corrected chi connectivity index (χ2v) is 3.85. The quantitative estimate of drug-likeness (QED) is 0.752. The number of esters is 1. The van der Waals surface area contributed by atoms with Crippen LogP contribution in [-0.4, -0.2) is 19.1 Å². The highest BCUT2D eigenvalue weighted by Gasteiger charge is 2.24. The van der Waals surface area contributed by atoms with Crippen molar-refractivity contribution in [3.63, 3.8) is 0 Å². The molecule has 0 saturated heterocycles. The van der Waals surface area contributed by atoms with E-state index in [2.05, 4.69) is 12.2 Å². The largest absolute Gasteiger partial charge is 0.468 e. The van der Waals surface area contributed by atoms with E-state index in [0.717, 1.165) is 12.2 Å². The fourth-order valence-corrected chi connectivity index (χ4v) is 1.50. The Morgan fingerprint density at radius 1 is 1.62 bits per heavy atom. The molecule has 1 N–H and O–H groups in total. The summed E-state index contributed by atoms with van der Waals surface area (Å²) >= 11 is 0. The first kappa shape index (κ1) is 12.8. The normalized spacial score (nSPS) is 14.4. The third-order valence-electron chi connectivity index (χ3n) is 2.74. The molecule has 1 heterocycles. The van der Waals surface area contributed by atoms with Gasteiger partial charge in [-0.05, 0) is 18.1 Å². The van der Waals surface area contributed by atoms with E-state index in [1.807, 2.05) is 19.1 Å². The van der Waals surface area contributed by atoms with Gasteiger partial charge in [-0.2, -0.15) is 0 Å². The van der Waals surface area contributed by atoms with Crippen molar-refractivity contribution in [2.75, 3.05) is 7.11 Å². The molecular formula is C12H19NO3. The maximum Gasteiger partial charge on any atom is 0.323 e. The Morgan fingerprint density at radius 2 is 2.38 bits per heavy atom. The predicted octanol–water partition coefficient (Wildman–Crippen LogP) is 1.96. The van der Waals surface area contributed by atoms with Crippen molar-refractivity contribution in [2.24, 2.45) is 5.92 Å². The van der Waals surface area contributed by atoms with E-state index in [9.17, 15) is 4.79 Å². The van der Waals surface area contributed by atoms with E-state index in [1.54, 1.807) is 6.26 Å². The summed E-state index contributed by atoms with van der Waals surface area (Å²) < 4.78 is 9.97. The van der Waals surface area contributed by atoms with E-state index in [-0.39, 0.29) is 17.9 Å². The van der Waals surface area contributed by atoms with Gasteiger partial charge in [0.15, 0.2) is 0 Å². The number of carbonyl (C=O) groups excluding carboxylic acids is 1. The van der Waals surface area contributed by atoms with Crippen LogP contribution in [0.4, 0.5) is 0 Å². The Balaban J connectivity index is 2.53. The van der Waals surface area contributed by atoms with Gasteiger partial charge in [0.05, 0.1) is 19.9 Å². The van der Waals surface area contributed by atoms with Gasteiger partial charge in [0, 0.05) is 0 Å². The lowest BCUT2D eigenvalue weighted by molar-refractivity contribution is -0.144. The zero-order valence-electron chi connectivity index (χ0n) is 10.0. The number of hydrogen-bond acceptors (Lipinski definition) is 4. The Hall–Kier alpha value is -1.29. The molecule has 4 heteroatoms. The highest BCUT2D eigenvalue weighted by atomic mass is 16.5. The number of hydrogen-bond donors (Lipinski definition) is 1. The first-order valence-corrected chi connectivity index (χ1v) is 5.52. The number of rotatable bonds is 6. The van der Waals surface area contributed by atoms with E-state index in [1.165, 1.54) is 7.11 Å². The van der Waals surface area contributed by atoms with Crippen LogP contribution in [0.3, 0.4) is 0 Å². The third kappa shape index (κ3) is 3.38. The Kier molecular flexibility index (Phi) is 5.05. The molecular weight excluding hydrogens is 206 g/mol. The van der Waals surface area contributed by atoms with Crippen LogP contribution in [0.2, 0.25) is 0 Å². The van der Waals surface area contributed by atoms with Crippen molar-refractivity contribution in [1.82, 2.24) is 5.32 Å². The van der Waals surface area contributed by atoms with Crippen LogP contribution < -0.4 is 5.32 Å². The Labute approximate surface area is 96.0 Å². The van der Waals surface area contributed by atoms with Crippen LogP contribution >= 0.6 is 0 Å². The Morgan fingerprint density at radius 3 is 2.88 bits per heavy atom. The van der Waals surface area contributed by atoms with E-state index in [4.69, 9.17) is 9.15 Å². The van der Waals surface area contributed by atoms with Crippen molar-refractivity contribution in [3.05, 3.63) is 24.2 Å². The van der Waals surface area contributed by atoms with Crippen molar-refractivity contribution in [3.8, 4) is 0 Å². The van der Waals surface area contributed by atoms with Gasteiger partial charge in [-0.3, -0.25) is 10.1 Å². The molecule has 0 aliphatic rings. The van der Waals surface area contributed by atoms with Gasteiger partial charge in [-0.25, -0.2) is 0 Å². The molecule has 0 radical (unpaired) electrons. The number of ether oxygens (including phenoxy) is 1. The fraction of sp³-hybridized carbons (Fsp3) is 0.583. The maximum atomic E-state index is 11.6. The van der Waals surface area contributed by atoms with Gasteiger partial charge >= 0.3 is 5.97 Å². The van der Waals surface area contributed by atoms with Crippen LogP contribution in [0.1, 0.15) is 26.0 Å². The first-order valence-electron chi connectivity index (χ1n) is 5.52. The second kappa shape index (κ2) is 6.33. The van der Waals surface area contributed by atoms with Crippen molar-refractivity contribution >= 4 is 5.97 Å². The average molecular weight is 225 g/mol. The zero-order chi connectivity index (χ0) is 12.0. The summed E-state index contributed by atoms with van der Waals surface area (Å²) in [6.07, 6.45) is 2.54. The monoisotopic (exact) mass is 225 g/mol. The van der Waals surface area contributed by atoms with Gasteiger partial charge in [0.2, 0.25) is 0 Å². The van der Waals surface area contributed by atoms with Crippen molar-refractivity contribution in [2.45, 2.75) is 32.9 Å². The minimum atomic E-state index is -0.278. The SMILES string of the molecule is CCC(C)[C@H](NCc1ccco1)C(=O)OC. The van der Waals surface area contributed by atoms with E-state index in [0.29, 0.717) is 6.54 Å². The summed E-state index contributed by atoms with van der Waals surface area (Å²) in [5.74, 6) is 0.834.